The van der Waals surface area contributed by atoms with Crippen molar-refractivity contribution < 1.29 is 20.1 Å². The molecule has 0 spiro atoms. The molecular formula is C6H12O4. The van der Waals surface area contributed by atoms with Crippen LogP contribution in [0.25, 0.3) is 0 Å². The van der Waals surface area contributed by atoms with Gasteiger partial charge in [-0.2, -0.15) is 0 Å². The molecule has 1 rings (SSSR count). The van der Waals surface area contributed by atoms with Gasteiger partial charge in [0.15, 0.2) is 0 Å². The molecule has 60 valence electrons. The minimum Gasteiger partial charge on any atom is -0.394 e. The highest BCUT2D eigenvalue weighted by Crippen LogP contribution is 2.15. The van der Waals surface area contributed by atoms with Crippen molar-refractivity contribution in [2.24, 2.45) is 0 Å². The highest BCUT2D eigenvalue weighted by atomic mass is 16.5. The van der Waals surface area contributed by atoms with Crippen LogP contribution in [0.1, 0.15) is 6.42 Å². The van der Waals surface area contributed by atoms with Crippen LogP contribution in [0.4, 0.5) is 0 Å². The van der Waals surface area contributed by atoms with E-state index in [9.17, 15) is 0 Å². The molecule has 0 aromatic rings. The highest BCUT2D eigenvalue weighted by molar-refractivity contribution is 4.80. The maximum atomic E-state index is 9.09. The van der Waals surface area contributed by atoms with Crippen LogP contribution in [0.3, 0.4) is 0 Å². The standard InChI is InChI=1S/C6H12O4/c7-3-5(9)6-4(8)1-2-10-6/h4-9H,1-3H2. The lowest BCUT2D eigenvalue weighted by atomic mass is 10.1. The van der Waals surface area contributed by atoms with Crippen LogP contribution in [-0.4, -0.2) is 46.8 Å². The van der Waals surface area contributed by atoms with Crippen molar-refractivity contribution in [1.29, 1.82) is 0 Å². The Bertz CT molecular complexity index is 106. The number of ether oxygens (including phenoxy) is 1. The van der Waals surface area contributed by atoms with Crippen molar-refractivity contribution in [2.75, 3.05) is 13.2 Å². The molecule has 10 heavy (non-hydrogen) atoms. The fourth-order valence-corrected chi connectivity index (χ4v) is 1.07. The molecule has 1 aliphatic rings. The molecular weight excluding hydrogens is 136 g/mol. The fraction of sp³-hybridized carbons (Fsp3) is 1.00. The van der Waals surface area contributed by atoms with Crippen LogP contribution in [0.15, 0.2) is 0 Å². The number of aliphatic hydroxyl groups is 3. The fourth-order valence-electron chi connectivity index (χ4n) is 1.07. The first-order valence-corrected chi connectivity index (χ1v) is 3.34. The van der Waals surface area contributed by atoms with Gasteiger partial charge in [0.1, 0.15) is 12.2 Å². The molecule has 3 unspecified atom stereocenters. The van der Waals surface area contributed by atoms with Crippen molar-refractivity contribution >= 4 is 0 Å². The van der Waals surface area contributed by atoms with E-state index in [1.165, 1.54) is 0 Å². The number of hydrogen-bond donors (Lipinski definition) is 3. The summed E-state index contributed by atoms with van der Waals surface area (Å²) in [5, 5.41) is 26.6. The van der Waals surface area contributed by atoms with Gasteiger partial charge in [-0.1, -0.05) is 0 Å². The highest BCUT2D eigenvalue weighted by Gasteiger charge is 2.31. The first-order chi connectivity index (χ1) is 4.75. The van der Waals surface area contributed by atoms with Gasteiger partial charge in [0.25, 0.3) is 0 Å². The molecule has 3 atom stereocenters. The maximum Gasteiger partial charge on any atom is 0.111 e. The summed E-state index contributed by atoms with van der Waals surface area (Å²) in [5.74, 6) is 0. The lowest BCUT2D eigenvalue weighted by Gasteiger charge is -2.17. The third kappa shape index (κ3) is 1.46. The Hall–Kier alpha value is -0.160. The van der Waals surface area contributed by atoms with E-state index < -0.39 is 18.3 Å². The largest absolute Gasteiger partial charge is 0.394 e. The van der Waals surface area contributed by atoms with Gasteiger partial charge in [0.05, 0.1) is 12.7 Å². The van der Waals surface area contributed by atoms with E-state index in [0.29, 0.717) is 13.0 Å². The molecule has 0 saturated carbocycles. The monoisotopic (exact) mass is 148 g/mol. The molecule has 3 N–H and O–H groups in total. The quantitative estimate of drug-likeness (QED) is 0.445. The normalized spacial score (nSPS) is 36.3. The average molecular weight is 148 g/mol. The number of rotatable bonds is 2. The van der Waals surface area contributed by atoms with Crippen molar-refractivity contribution in [3.63, 3.8) is 0 Å². The zero-order valence-electron chi connectivity index (χ0n) is 5.60. The summed E-state index contributed by atoms with van der Waals surface area (Å²) in [6.45, 7) is 0.102. The predicted molar refractivity (Wildman–Crippen MR) is 33.5 cm³/mol. The molecule has 1 aliphatic heterocycles. The average Bonchev–Trinajstić information content (AvgIpc) is 2.34. The van der Waals surface area contributed by atoms with E-state index in [4.69, 9.17) is 20.1 Å². The molecule has 0 amide bonds. The molecule has 0 bridgehead atoms. The Kier molecular flexibility index (Phi) is 2.62. The molecule has 1 saturated heterocycles. The number of hydrogen-bond acceptors (Lipinski definition) is 4. The van der Waals surface area contributed by atoms with Crippen molar-refractivity contribution in [3.05, 3.63) is 0 Å². The van der Waals surface area contributed by atoms with Gasteiger partial charge >= 0.3 is 0 Å². The van der Waals surface area contributed by atoms with E-state index in [2.05, 4.69) is 0 Å². The van der Waals surface area contributed by atoms with Gasteiger partial charge in [-0.15, -0.1) is 0 Å². The molecule has 1 heterocycles. The Morgan fingerprint density at radius 1 is 1.60 bits per heavy atom. The Morgan fingerprint density at radius 3 is 2.70 bits per heavy atom. The summed E-state index contributed by atoms with van der Waals surface area (Å²) in [6.07, 6.45) is -1.62. The Labute approximate surface area is 59.1 Å². The minimum absolute atomic E-state index is 0.359. The molecule has 1 fully saturated rings. The lowest BCUT2D eigenvalue weighted by molar-refractivity contribution is -0.0645. The summed E-state index contributed by atoms with van der Waals surface area (Å²) in [6, 6.07) is 0. The Morgan fingerprint density at radius 2 is 2.30 bits per heavy atom. The zero-order chi connectivity index (χ0) is 7.56. The molecule has 0 radical (unpaired) electrons. The second-order valence-electron chi connectivity index (χ2n) is 2.44. The topological polar surface area (TPSA) is 69.9 Å². The molecule has 0 aromatic carbocycles. The smallest absolute Gasteiger partial charge is 0.111 e. The van der Waals surface area contributed by atoms with E-state index in [-0.39, 0.29) is 6.61 Å². The summed E-state index contributed by atoms with van der Waals surface area (Å²) in [5.41, 5.74) is 0. The van der Waals surface area contributed by atoms with Gasteiger partial charge in [-0.05, 0) is 6.42 Å². The SMILES string of the molecule is OCC(O)C1OCCC1O. The van der Waals surface area contributed by atoms with Crippen molar-refractivity contribution in [2.45, 2.75) is 24.7 Å². The Balaban J connectivity index is 2.38. The predicted octanol–water partition coefficient (Wildman–Crippen LogP) is -1.51. The maximum absolute atomic E-state index is 9.09. The zero-order valence-corrected chi connectivity index (χ0v) is 5.60. The van der Waals surface area contributed by atoms with E-state index in [0.717, 1.165) is 0 Å². The summed E-state index contributed by atoms with van der Waals surface area (Å²) in [4.78, 5) is 0. The molecule has 4 heteroatoms. The van der Waals surface area contributed by atoms with Gasteiger partial charge in [-0.3, -0.25) is 0 Å². The first-order valence-electron chi connectivity index (χ1n) is 3.34. The molecule has 0 aromatic heterocycles. The number of aliphatic hydroxyl groups excluding tert-OH is 3. The van der Waals surface area contributed by atoms with E-state index in [1.807, 2.05) is 0 Å². The third-order valence-electron chi connectivity index (χ3n) is 1.67. The van der Waals surface area contributed by atoms with Crippen LogP contribution in [-0.2, 0) is 4.74 Å². The van der Waals surface area contributed by atoms with Crippen LogP contribution in [0.2, 0.25) is 0 Å². The summed E-state index contributed by atoms with van der Waals surface area (Å²) >= 11 is 0. The van der Waals surface area contributed by atoms with Crippen molar-refractivity contribution in [1.82, 2.24) is 0 Å². The van der Waals surface area contributed by atoms with Gasteiger partial charge < -0.3 is 20.1 Å². The van der Waals surface area contributed by atoms with Crippen LogP contribution < -0.4 is 0 Å². The summed E-state index contributed by atoms with van der Waals surface area (Å²) < 4.78 is 4.96. The lowest BCUT2D eigenvalue weighted by Crippen LogP contribution is -2.36. The third-order valence-corrected chi connectivity index (χ3v) is 1.67. The van der Waals surface area contributed by atoms with Gasteiger partial charge in [-0.25, -0.2) is 0 Å². The second-order valence-corrected chi connectivity index (χ2v) is 2.44. The molecule has 0 aliphatic carbocycles. The summed E-state index contributed by atoms with van der Waals surface area (Å²) in [7, 11) is 0. The van der Waals surface area contributed by atoms with E-state index in [1.54, 1.807) is 0 Å². The van der Waals surface area contributed by atoms with Crippen LogP contribution in [0.5, 0.6) is 0 Å². The van der Waals surface area contributed by atoms with Gasteiger partial charge in [0, 0.05) is 6.61 Å². The first kappa shape index (κ1) is 7.94. The van der Waals surface area contributed by atoms with Gasteiger partial charge in [0.2, 0.25) is 0 Å². The molecule has 4 nitrogen and oxygen atoms in total. The van der Waals surface area contributed by atoms with E-state index >= 15 is 0 Å². The minimum atomic E-state index is -0.947. The van der Waals surface area contributed by atoms with Crippen LogP contribution >= 0.6 is 0 Å². The van der Waals surface area contributed by atoms with Crippen molar-refractivity contribution in [3.8, 4) is 0 Å². The second kappa shape index (κ2) is 3.30. The van der Waals surface area contributed by atoms with Crippen LogP contribution in [0, 0.1) is 0 Å².